The highest BCUT2D eigenvalue weighted by Gasteiger charge is 2.33. The molecule has 4 aromatic rings. The maximum Gasteiger partial charge on any atom is 0.291 e. The van der Waals surface area contributed by atoms with E-state index in [0.717, 1.165) is 22.6 Å². The van der Waals surface area contributed by atoms with Crippen LogP contribution in [0.4, 0.5) is 5.69 Å². The van der Waals surface area contributed by atoms with Gasteiger partial charge >= 0.3 is 0 Å². The molecule has 0 fully saturated rings. The maximum absolute atomic E-state index is 13.2. The van der Waals surface area contributed by atoms with E-state index in [0.29, 0.717) is 40.0 Å². The Hall–Kier alpha value is -3.52. The summed E-state index contributed by atoms with van der Waals surface area (Å²) in [6.07, 6.45) is 0. The van der Waals surface area contributed by atoms with Crippen molar-refractivity contribution in [2.24, 2.45) is 5.92 Å². The van der Waals surface area contributed by atoms with Gasteiger partial charge in [-0.1, -0.05) is 43.4 Å². The van der Waals surface area contributed by atoms with Crippen LogP contribution in [-0.4, -0.2) is 33.7 Å². The number of hydrogen-bond acceptors (Lipinski definition) is 6. The first-order valence-electron chi connectivity index (χ1n) is 10.6. The molecule has 3 heterocycles. The number of amides is 1. The van der Waals surface area contributed by atoms with Crippen molar-refractivity contribution in [2.45, 2.75) is 20.8 Å². The highest BCUT2D eigenvalue weighted by Crippen LogP contribution is 2.34. The molecule has 0 radical (unpaired) electrons. The molecule has 1 aliphatic heterocycles. The number of benzene rings is 2. The second-order valence-electron chi connectivity index (χ2n) is 8.04. The summed E-state index contributed by atoms with van der Waals surface area (Å²) in [7, 11) is 0. The molecule has 0 bridgehead atoms. The first-order valence-corrected chi connectivity index (χ1v) is 11.4. The van der Waals surface area contributed by atoms with Gasteiger partial charge in [0.2, 0.25) is 4.96 Å². The SMILES string of the molecule is CCN1C(=O)/C(=c2\sc3nc(-c4ccc(OCC(C)C)cc4)nn3c2=O)c2ccccc21. The smallest absolute Gasteiger partial charge is 0.291 e. The molecule has 0 unspecified atom stereocenters. The number of thiazole rings is 1. The number of aromatic nitrogens is 3. The van der Waals surface area contributed by atoms with Gasteiger partial charge in [-0.25, -0.2) is 0 Å². The molecule has 1 amide bonds. The lowest BCUT2D eigenvalue weighted by Crippen LogP contribution is -2.32. The summed E-state index contributed by atoms with van der Waals surface area (Å²) in [5.74, 6) is 1.54. The molecule has 2 aromatic heterocycles. The van der Waals surface area contributed by atoms with Gasteiger partial charge in [0.15, 0.2) is 5.82 Å². The quantitative estimate of drug-likeness (QED) is 0.471. The van der Waals surface area contributed by atoms with Crippen LogP contribution in [0.2, 0.25) is 0 Å². The third-order valence-corrected chi connectivity index (χ3v) is 6.35. The Labute approximate surface area is 188 Å². The second-order valence-corrected chi connectivity index (χ2v) is 9.01. The first kappa shape index (κ1) is 20.4. The molecule has 5 rings (SSSR count). The average Bonchev–Trinajstić information content (AvgIpc) is 3.42. The predicted molar refractivity (Wildman–Crippen MR) is 125 cm³/mol. The summed E-state index contributed by atoms with van der Waals surface area (Å²) in [5, 5.41) is 4.42. The van der Waals surface area contributed by atoms with E-state index in [2.05, 4.69) is 23.9 Å². The Balaban J connectivity index is 1.56. The van der Waals surface area contributed by atoms with Crippen molar-refractivity contribution in [2.75, 3.05) is 18.1 Å². The molecule has 0 aliphatic carbocycles. The fourth-order valence-corrected chi connectivity index (χ4v) is 4.78. The molecule has 162 valence electrons. The van der Waals surface area contributed by atoms with E-state index < -0.39 is 0 Å². The topological polar surface area (TPSA) is 76.8 Å². The van der Waals surface area contributed by atoms with E-state index in [1.54, 1.807) is 4.90 Å². The third-order valence-electron chi connectivity index (χ3n) is 5.32. The number of carbonyl (C=O) groups excluding carboxylic acids is 1. The van der Waals surface area contributed by atoms with Gasteiger partial charge < -0.3 is 9.64 Å². The van der Waals surface area contributed by atoms with E-state index in [9.17, 15) is 9.59 Å². The van der Waals surface area contributed by atoms with Gasteiger partial charge in [-0.3, -0.25) is 9.59 Å². The zero-order valence-electron chi connectivity index (χ0n) is 18.0. The fourth-order valence-electron chi connectivity index (χ4n) is 3.78. The van der Waals surface area contributed by atoms with Crippen LogP contribution in [0.15, 0.2) is 53.3 Å². The fraction of sp³-hybridized carbons (Fsp3) is 0.250. The molecule has 0 N–H and O–H groups in total. The Morgan fingerprint density at radius 2 is 1.81 bits per heavy atom. The molecule has 2 aromatic carbocycles. The maximum atomic E-state index is 13.2. The number of para-hydroxylation sites is 1. The zero-order valence-corrected chi connectivity index (χ0v) is 18.8. The van der Waals surface area contributed by atoms with Gasteiger partial charge in [0.25, 0.3) is 11.5 Å². The summed E-state index contributed by atoms with van der Waals surface area (Å²) < 4.78 is 7.38. The predicted octanol–water partition coefficient (Wildman–Crippen LogP) is 3.14. The third kappa shape index (κ3) is 3.27. The van der Waals surface area contributed by atoms with Crippen molar-refractivity contribution in [3.63, 3.8) is 0 Å². The zero-order chi connectivity index (χ0) is 22.4. The van der Waals surface area contributed by atoms with Crippen molar-refractivity contribution in [3.8, 4) is 17.1 Å². The largest absolute Gasteiger partial charge is 0.493 e. The average molecular weight is 447 g/mol. The van der Waals surface area contributed by atoms with Gasteiger partial charge in [-0.15, -0.1) is 5.10 Å². The van der Waals surface area contributed by atoms with Gasteiger partial charge in [0.1, 0.15) is 10.3 Å². The number of anilines is 1. The first-order chi connectivity index (χ1) is 15.5. The summed E-state index contributed by atoms with van der Waals surface area (Å²) in [6.45, 7) is 7.30. The number of likely N-dealkylation sites (N-methyl/N-ethyl adjacent to an activating group) is 1. The van der Waals surface area contributed by atoms with Crippen molar-refractivity contribution >= 4 is 33.5 Å². The van der Waals surface area contributed by atoms with E-state index >= 15 is 0 Å². The molecule has 0 saturated carbocycles. The summed E-state index contributed by atoms with van der Waals surface area (Å²) in [6, 6.07) is 15.1. The van der Waals surface area contributed by atoms with Crippen LogP contribution in [0.5, 0.6) is 5.75 Å². The van der Waals surface area contributed by atoms with Crippen LogP contribution in [0.3, 0.4) is 0 Å². The van der Waals surface area contributed by atoms with Crippen LogP contribution in [0.1, 0.15) is 26.3 Å². The van der Waals surface area contributed by atoms with Crippen LogP contribution in [0, 0.1) is 5.92 Å². The highest BCUT2D eigenvalue weighted by atomic mass is 32.1. The monoisotopic (exact) mass is 446 g/mol. The van der Waals surface area contributed by atoms with Gasteiger partial charge in [-0.2, -0.15) is 9.50 Å². The number of fused-ring (bicyclic) bond motifs is 2. The van der Waals surface area contributed by atoms with Gasteiger partial charge in [-0.05, 0) is 43.2 Å². The number of rotatable bonds is 5. The van der Waals surface area contributed by atoms with Crippen molar-refractivity contribution < 1.29 is 9.53 Å². The molecule has 1 aliphatic rings. The van der Waals surface area contributed by atoms with Crippen molar-refractivity contribution in [3.05, 3.63) is 69.0 Å². The lowest BCUT2D eigenvalue weighted by molar-refractivity contribution is -0.113. The standard InChI is InChI=1S/C24H22N4O3S/c1-4-27-18-8-6-5-7-17(18)19(22(27)29)20-23(30)28-24(32-20)25-21(26-28)15-9-11-16(12-10-15)31-13-14(2)3/h5-12,14H,4,13H2,1-3H3/b20-19-. The molecule has 7 nitrogen and oxygen atoms in total. The normalized spacial score (nSPS) is 15.1. The number of nitrogens with zero attached hydrogens (tertiary/aromatic N) is 4. The lowest BCUT2D eigenvalue weighted by atomic mass is 10.1. The van der Waals surface area contributed by atoms with Crippen LogP contribution >= 0.6 is 11.3 Å². The van der Waals surface area contributed by atoms with Crippen molar-refractivity contribution in [1.29, 1.82) is 0 Å². The van der Waals surface area contributed by atoms with Crippen molar-refractivity contribution in [1.82, 2.24) is 14.6 Å². The van der Waals surface area contributed by atoms with Crippen LogP contribution in [-0.2, 0) is 4.79 Å². The van der Waals surface area contributed by atoms with E-state index in [-0.39, 0.29) is 11.5 Å². The summed E-state index contributed by atoms with van der Waals surface area (Å²) >= 11 is 1.20. The number of ether oxygens (including phenoxy) is 1. The van der Waals surface area contributed by atoms with Crippen LogP contribution in [0.25, 0.3) is 21.9 Å². The summed E-state index contributed by atoms with van der Waals surface area (Å²) in [4.78, 5) is 32.9. The number of carbonyl (C=O) groups is 1. The van der Waals surface area contributed by atoms with E-state index in [1.165, 1.54) is 15.9 Å². The van der Waals surface area contributed by atoms with E-state index in [1.807, 2.05) is 55.5 Å². The lowest BCUT2D eigenvalue weighted by Gasteiger charge is -2.13. The minimum Gasteiger partial charge on any atom is -0.493 e. The molecule has 32 heavy (non-hydrogen) atoms. The minimum atomic E-state index is -0.322. The van der Waals surface area contributed by atoms with Crippen LogP contribution < -0.4 is 19.7 Å². The molecule has 0 atom stereocenters. The van der Waals surface area contributed by atoms with Gasteiger partial charge in [0, 0.05) is 17.7 Å². The molecule has 0 spiro atoms. The molecule has 8 heteroatoms. The molecule has 0 saturated heterocycles. The Morgan fingerprint density at radius 3 is 2.50 bits per heavy atom. The van der Waals surface area contributed by atoms with Gasteiger partial charge in [0.05, 0.1) is 17.9 Å². The molecular weight excluding hydrogens is 424 g/mol. The number of hydrogen-bond donors (Lipinski definition) is 0. The Kier molecular flexibility index (Phi) is 5.01. The Morgan fingerprint density at radius 1 is 1.06 bits per heavy atom. The molecular formula is C24H22N4O3S. The summed E-state index contributed by atoms with van der Waals surface area (Å²) in [5.41, 5.74) is 2.51. The van der Waals surface area contributed by atoms with E-state index in [4.69, 9.17) is 4.74 Å². The second kappa shape index (κ2) is 7.87. The minimum absolute atomic E-state index is 0.160. The highest BCUT2D eigenvalue weighted by molar-refractivity contribution is 7.15. The Bertz CT molecular complexity index is 1440.